The number of aryl methyl sites for hydroxylation is 5. The van der Waals surface area contributed by atoms with Gasteiger partial charge in [0.1, 0.15) is 17.5 Å². The Bertz CT molecular complexity index is 4100. The van der Waals surface area contributed by atoms with E-state index in [0.29, 0.717) is 0 Å². The zero-order valence-corrected chi connectivity index (χ0v) is 46.8. The highest BCUT2D eigenvalue weighted by Gasteiger charge is 2.55. The van der Waals surface area contributed by atoms with Gasteiger partial charge in [-0.1, -0.05) is 76.6 Å². The Morgan fingerprint density at radius 3 is 1.89 bits per heavy atom. The summed E-state index contributed by atoms with van der Waals surface area (Å²) in [5.41, 5.74) is 31.1. The van der Waals surface area contributed by atoms with Crippen LogP contribution in [-0.2, 0) is 11.0 Å². The molecule has 0 bridgehead atoms. The quantitative estimate of drug-likeness (QED) is 0.172. The van der Waals surface area contributed by atoms with Crippen molar-refractivity contribution in [2.45, 2.75) is 141 Å². The van der Waals surface area contributed by atoms with E-state index in [0.717, 1.165) is 44.8 Å². The minimum atomic E-state index is -0.554. The van der Waals surface area contributed by atoms with Crippen LogP contribution < -0.4 is 4.90 Å². The molecule has 1 aliphatic heterocycles. The van der Waals surface area contributed by atoms with Gasteiger partial charge in [-0.05, 0) is 250 Å². The van der Waals surface area contributed by atoms with Crippen molar-refractivity contribution in [3.63, 3.8) is 0 Å². The number of aliphatic imine (C=N–C) groups is 1. The maximum Gasteiger partial charge on any atom is 0.145 e. The van der Waals surface area contributed by atoms with Crippen LogP contribution in [0.3, 0.4) is 0 Å². The Morgan fingerprint density at radius 2 is 1.19 bits per heavy atom. The highest BCUT2D eigenvalue weighted by atomic mass is 15.3. The summed E-state index contributed by atoms with van der Waals surface area (Å²) in [6.45, 7) is 39.4. The van der Waals surface area contributed by atoms with E-state index >= 15 is 0 Å². The van der Waals surface area contributed by atoms with E-state index in [1.54, 1.807) is 0 Å². The Morgan fingerprint density at radius 1 is 0.541 bits per heavy atom. The molecule has 10 aromatic rings. The molecule has 0 unspecified atom stereocenters. The molecule has 0 fully saturated rings. The zero-order valence-electron chi connectivity index (χ0n) is 46.8. The number of hydrogen-bond acceptors (Lipinski definition) is 3. The molecular formula is C69H71N5. The van der Waals surface area contributed by atoms with Crippen LogP contribution in [-0.4, -0.2) is 20.0 Å². The molecule has 2 aliphatic rings. The van der Waals surface area contributed by atoms with Gasteiger partial charge >= 0.3 is 0 Å². The number of hydrogen-bond donors (Lipinski definition) is 0. The Labute approximate surface area is 438 Å². The fourth-order valence-electron chi connectivity index (χ4n) is 13.2. The zero-order chi connectivity index (χ0) is 52.3. The molecule has 3 aromatic heterocycles. The van der Waals surface area contributed by atoms with Crippen LogP contribution in [0.1, 0.15) is 143 Å². The predicted molar refractivity (Wildman–Crippen MR) is 315 cm³/mol. The number of rotatable bonds is 5. The minimum absolute atomic E-state index is 0.0169. The molecular weight excluding hydrogens is 899 g/mol. The smallest absolute Gasteiger partial charge is 0.145 e. The van der Waals surface area contributed by atoms with Crippen molar-refractivity contribution in [3.05, 3.63) is 198 Å². The van der Waals surface area contributed by atoms with Gasteiger partial charge < -0.3 is 9.47 Å². The summed E-state index contributed by atoms with van der Waals surface area (Å²) in [4.78, 5) is 14.0. The molecule has 74 heavy (non-hydrogen) atoms. The molecule has 1 aliphatic carbocycles. The fourth-order valence-corrected chi connectivity index (χ4v) is 13.2. The molecule has 0 spiro atoms. The summed E-state index contributed by atoms with van der Waals surface area (Å²) in [5.74, 6) is 1.27. The van der Waals surface area contributed by atoms with Crippen molar-refractivity contribution in [1.29, 1.82) is 0 Å². The first-order valence-electron chi connectivity index (χ1n) is 26.9. The van der Waals surface area contributed by atoms with Gasteiger partial charge in [0.25, 0.3) is 0 Å². The molecule has 7 aromatic carbocycles. The summed E-state index contributed by atoms with van der Waals surface area (Å²) < 4.78 is 4.90. The van der Waals surface area contributed by atoms with Crippen molar-refractivity contribution < 1.29 is 0 Å². The van der Waals surface area contributed by atoms with Gasteiger partial charge in [0.05, 0.1) is 22.1 Å². The molecule has 5 heteroatoms. The van der Waals surface area contributed by atoms with Crippen LogP contribution in [0.25, 0.3) is 66.2 Å². The SMILES string of the molecule is Cc1ccc2c(c1)c1ccc(-n3c4ccc(C(C)(C)C)cc4c4cccnc43)cc1n2-c1cc(C2=N[C@@H]3c4cc(C)c(C)c(C)c4-c4c(cc(C)c(C)c4C)[C@]3(C)N2c2c(C)c(C)cc(C)c2C)cc(C(C)C)c1. The third-order valence-corrected chi connectivity index (χ3v) is 18.1. The first-order chi connectivity index (χ1) is 35.1. The first-order valence-corrected chi connectivity index (χ1v) is 26.9. The van der Waals surface area contributed by atoms with Crippen LogP contribution in [0.5, 0.6) is 0 Å². The van der Waals surface area contributed by atoms with Gasteiger partial charge in [-0.25, -0.2) is 4.98 Å². The molecule has 4 heterocycles. The summed E-state index contributed by atoms with van der Waals surface area (Å²) in [6.07, 6.45) is 1.93. The van der Waals surface area contributed by atoms with Crippen molar-refractivity contribution in [2.75, 3.05) is 4.90 Å². The summed E-state index contributed by atoms with van der Waals surface area (Å²) in [6, 6.07) is 39.8. The monoisotopic (exact) mass is 970 g/mol. The topological polar surface area (TPSA) is 38.4 Å². The second-order valence-corrected chi connectivity index (χ2v) is 23.9. The van der Waals surface area contributed by atoms with Crippen LogP contribution in [0.15, 0.2) is 114 Å². The van der Waals surface area contributed by atoms with Gasteiger partial charge in [0.15, 0.2) is 0 Å². The second kappa shape index (κ2) is 16.4. The lowest BCUT2D eigenvalue weighted by atomic mass is 9.66. The van der Waals surface area contributed by atoms with Gasteiger partial charge in [-0.15, -0.1) is 0 Å². The van der Waals surface area contributed by atoms with E-state index in [2.05, 4.69) is 235 Å². The van der Waals surface area contributed by atoms with Gasteiger partial charge in [0, 0.05) is 50.4 Å². The summed E-state index contributed by atoms with van der Waals surface area (Å²) in [5, 5.41) is 4.86. The van der Waals surface area contributed by atoms with Crippen LogP contribution in [0.2, 0.25) is 0 Å². The molecule has 0 N–H and O–H groups in total. The number of anilines is 1. The third kappa shape index (κ3) is 6.66. The molecule has 372 valence electrons. The van der Waals surface area contributed by atoms with Crippen molar-refractivity contribution in [3.8, 4) is 22.5 Å². The lowest BCUT2D eigenvalue weighted by Gasteiger charge is -2.47. The molecule has 0 saturated heterocycles. The Balaban J connectivity index is 1.16. The first kappa shape index (κ1) is 47.7. The normalized spacial score (nSPS) is 16.5. The van der Waals surface area contributed by atoms with E-state index in [4.69, 9.17) is 9.98 Å². The van der Waals surface area contributed by atoms with Crippen LogP contribution in [0.4, 0.5) is 5.69 Å². The largest absolute Gasteiger partial charge is 0.313 e. The molecule has 0 amide bonds. The highest BCUT2D eigenvalue weighted by molar-refractivity contribution is 6.16. The molecule has 12 rings (SSSR count). The Kier molecular flexibility index (Phi) is 10.6. The van der Waals surface area contributed by atoms with E-state index in [1.165, 1.54) is 122 Å². The van der Waals surface area contributed by atoms with Crippen molar-refractivity contribution in [2.24, 2.45) is 4.99 Å². The second-order valence-electron chi connectivity index (χ2n) is 23.9. The van der Waals surface area contributed by atoms with Crippen LogP contribution >= 0.6 is 0 Å². The summed E-state index contributed by atoms with van der Waals surface area (Å²) in [7, 11) is 0. The lowest BCUT2D eigenvalue weighted by Crippen LogP contribution is -2.49. The molecule has 2 atom stereocenters. The maximum absolute atomic E-state index is 6.19. The van der Waals surface area contributed by atoms with Gasteiger partial charge in [0.2, 0.25) is 0 Å². The number of nitrogens with zero attached hydrogens (tertiary/aromatic N) is 5. The number of amidine groups is 1. The molecule has 5 nitrogen and oxygen atoms in total. The predicted octanol–water partition coefficient (Wildman–Crippen LogP) is 18.0. The third-order valence-electron chi connectivity index (χ3n) is 18.1. The van der Waals surface area contributed by atoms with Gasteiger partial charge in [-0.3, -0.25) is 9.56 Å². The number of pyridine rings is 1. The number of aromatic nitrogens is 3. The van der Waals surface area contributed by atoms with E-state index in [9.17, 15) is 0 Å². The fraction of sp³-hybridized carbons (Fsp3) is 0.304. The van der Waals surface area contributed by atoms with Crippen LogP contribution in [0, 0.1) is 76.2 Å². The highest BCUT2D eigenvalue weighted by Crippen LogP contribution is 2.61. The standard InChI is InChI=1S/C69H71N5/c1-36(2)48-31-49(66-71-65-57-29-40(6)42(8)46(12)62(57)63-47(13)43(9)41(7)30-58(63)69(65,17)74(66)64-44(10)38(4)28-39(5)45(64)11)33-52(32-48)72-59-24-20-37(3)27-55(59)53-23-22-51(35-61(53)72)73-60-25-21-50(68(14,15)16)34-56(60)54-19-18-26-70-67(54)73/h18-36,65H,1-17H3/t65-,69+/m1/s1. The van der Waals surface area contributed by atoms with E-state index in [-0.39, 0.29) is 17.4 Å². The average Bonchev–Trinajstić information content (AvgIpc) is 3.99. The maximum atomic E-state index is 6.19. The van der Waals surface area contributed by atoms with Crippen molar-refractivity contribution >= 4 is 55.3 Å². The Hall–Kier alpha value is -7.24. The van der Waals surface area contributed by atoms with Gasteiger partial charge in [-0.2, -0.15) is 0 Å². The lowest BCUT2D eigenvalue weighted by molar-refractivity contribution is 0.420. The molecule has 0 saturated carbocycles. The van der Waals surface area contributed by atoms with E-state index < -0.39 is 5.54 Å². The number of fused-ring (bicyclic) bond motifs is 12. The summed E-state index contributed by atoms with van der Waals surface area (Å²) >= 11 is 0. The van der Waals surface area contributed by atoms with Crippen molar-refractivity contribution in [1.82, 2.24) is 14.1 Å². The van der Waals surface area contributed by atoms with E-state index in [1.807, 2.05) is 6.20 Å². The average molecular weight is 970 g/mol. The molecule has 0 radical (unpaired) electrons. The minimum Gasteiger partial charge on any atom is -0.313 e. The number of benzene rings is 7.